The quantitative estimate of drug-likeness (QED) is 0.820. The van der Waals surface area contributed by atoms with Crippen molar-refractivity contribution >= 4 is 0 Å². The fourth-order valence-electron chi connectivity index (χ4n) is 1.96. The summed E-state index contributed by atoms with van der Waals surface area (Å²) >= 11 is 0. The molecule has 1 atom stereocenters. The Kier molecular flexibility index (Phi) is 4.92. The first-order valence-corrected chi connectivity index (χ1v) is 6.14. The lowest BCUT2D eigenvalue weighted by Crippen LogP contribution is -2.47. The smallest absolute Gasteiger partial charge is 0.165 e. The van der Waals surface area contributed by atoms with Crippen LogP contribution in [0.4, 0.5) is 4.39 Å². The standard InChI is InChI=1S/C13H19FN2O2/c1-17-13-3-2-10(6-12(13)14)7-15-8-11-9-18-5-4-16-11/h2-3,6,11,15-16H,4-5,7-9H2,1H3. The summed E-state index contributed by atoms with van der Waals surface area (Å²) in [4.78, 5) is 0. The second-order valence-electron chi connectivity index (χ2n) is 4.33. The molecule has 1 aromatic rings. The summed E-state index contributed by atoms with van der Waals surface area (Å²) in [7, 11) is 1.46. The molecule has 2 rings (SSSR count). The van der Waals surface area contributed by atoms with E-state index in [1.807, 2.05) is 6.07 Å². The van der Waals surface area contributed by atoms with E-state index in [1.54, 1.807) is 6.07 Å². The van der Waals surface area contributed by atoms with Crippen LogP contribution in [0.1, 0.15) is 5.56 Å². The van der Waals surface area contributed by atoms with Crippen LogP contribution in [0.2, 0.25) is 0 Å². The van der Waals surface area contributed by atoms with E-state index in [0.29, 0.717) is 12.6 Å². The number of nitrogens with one attached hydrogen (secondary N) is 2. The number of morpholine rings is 1. The van der Waals surface area contributed by atoms with E-state index in [0.717, 1.165) is 31.9 Å². The van der Waals surface area contributed by atoms with Crippen LogP contribution < -0.4 is 15.4 Å². The van der Waals surface area contributed by atoms with Crippen molar-refractivity contribution in [2.45, 2.75) is 12.6 Å². The molecule has 1 aromatic carbocycles. The van der Waals surface area contributed by atoms with Crippen LogP contribution in [0.15, 0.2) is 18.2 Å². The van der Waals surface area contributed by atoms with E-state index in [1.165, 1.54) is 13.2 Å². The summed E-state index contributed by atoms with van der Waals surface area (Å²) in [5.74, 6) is -0.0444. The lowest BCUT2D eigenvalue weighted by atomic mass is 10.2. The van der Waals surface area contributed by atoms with E-state index >= 15 is 0 Å². The Hall–Kier alpha value is -1.17. The van der Waals surface area contributed by atoms with Crippen LogP contribution in [0.3, 0.4) is 0 Å². The molecule has 0 aromatic heterocycles. The van der Waals surface area contributed by atoms with Crippen LogP contribution in [-0.2, 0) is 11.3 Å². The third-order valence-corrected chi connectivity index (χ3v) is 2.93. The number of halogens is 1. The van der Waals surface area contributed by atoms with Crippen LogP contribution in [0.5, 0.6) is 5.75 Å². The molecule has 0 amide bonds. The predicted molar refractivity (Wildman–Crippen MR) is 67.3 cm³/mol. The van der Waals surface area contributed by atoms with E-state index < -0.39 is 0 Å². The minimum atomic E-state index is -0.323. The Balaban J connectivity index is 1.77. The topological polar surface area (TPSA) is 42.5 Å². The molecular weight excluding hydrogens is 235 g/mol. The van der Waals surface area contributed by atoms with Crippen LogP contribution in [-0.4, -0.2) is 39.5 Å². The monoisotopic (exact) mass is 254 g/mol. The minimum Gasteiger partial charge on any atom is -0.494 e. The van der Waals surface area contributed by atoms with Crippen LogP contribution >= 0.6 is 0 Å². The lowest BCUT2D eigenvalue weighted by Gasteiger charge is -2.24. The average Bonchev–Trinajstić information content (AvgIpc) is 2.40. The molecule has 5 heteroatoms. The molecule has 1 unspecified atom stereocenters. The van der Waals surface area contributed by atoms with Crippen LogP contribution in [0.25, 0.3) is 0 Å². The van der Waals surface area contributed by atoms with Gasteiger partial charge in [-0.1, -0.05) is 6.07 Å². The SMILES string of the molecule is COc1ccc(CNCC2COCCN2)cc1F. The van der Waals surface area contributed by atoms with Gasteiger partial charge >= 0.3 is 0 Å². The highest BCUT2D eigenvalue weighted by atomic mass is 19.1. The second-order valence-corrected chi connectivity index (χ2v) is 4.33. The zero-order valence-corrected chi connectivity index (χ0v) is 10.5. The van der Waals surface area contributed by atoms with Crippen molar-refractivity contribution in [1.82, 2.24) is 10.6 Å². The Morgan fingerprint density at radius 1 is 1.56 bits per heavy atom. The zero-order valence-electron chi connectivity index (χ0n) is 10.5. The molecule has 2 N–H and O–H groups in total. The van der Waals surface area contributed by atoms with Crippen molar-refractivity contribution in [1.29, 1.82) is 0 Å². The van der Waals surface area contributed by atoms with Crippen molar-refractivity contribution in [2.24, 2.45) is 0 Å². The Labute approximate surface area is 106 Å². The number of ether oxygens (including phenoxy) is 2. The molecule has 0 bridgehead atoms. The molecule has 1 heterocycles. The maximum atomic E-state index is 13.4. The molecule has 1 aliphatic rings. The normalized spacial score (nSPS) is 19.8. The molecule has 1 saturated heterocycles. The van der Waals surface area contributed by atoms with Gasteiger partial charge in [0, 0.05) is 25.7 Å². The largest absolute Gasteiger partial charge is 0.494 e. The first kappa shape index (κ1) is 13.3. The molecule has 18 heavy (non-hydrogen) atoms. The fourth-order valence-corrected chi connectivity index (χ4v) is 1.96. The van der Waals surface area contributed by atoms with Gasteiger partial charge in [0.2, 0.25) is 0 Å². The summed E-state index contributed by atoms with van der Waals surface area (Å²) in [6.45, 7) is 3.85. The van der Waals surface area contributed by atoms with Gasteiger partial charge in [0.15, 0.2) is 11.6 Å². The van der Waals surface area contributed by atoms with Gasteiger partial charge in [-0.15, -0.1) is 0 Å². The van der Waals surface area contributed by atoms with Gasteiger partial charge in [-0.2, -0.15) is 0 Å². The Morgan fingerprint density at radius 3 is 3.11 bits per heavy atom. The van der Waals surface area contributed by atoms with Gasteiger partial charge in [-0.3, -0.25) is 0 Å². The Morgan fingerprint density at radius 2 is 2.44 bits per heavy atom. The second kappa shape index (κ2) is 6.68. The number of benzene rings is 1. The van der Waals surface area contributed by atoms with Crippen molar-refractivity contribution in [3.8, 4) is 5.75 Å². The molecule has 0 aliphatic carbocycles. The van der Waals surface area contributed by atoms with E-state index in [2.05, 4.69) is 10.6 Å². The highest BCUT2D eigenvalue weighted by molar-refractivity contribution is 5.29. The maximum Gasteiger partial charge on any atom is 0.165 e. The molecule has 0 saturated carbocycles. The van der Waals surface area contributed by atoms with Gasteiger partial charge < -0.3 is 20.1 Å². The first-order valence-electron chi connectivity index (χ1n) is 6.14. The van der Waals surface area contributed by atoms with E-state index in [4.69, 9.17) is 9.47 Å². The van der Waals surface area contributed by atoms with Crippen LogP contribution in [0, 0.1) is 5.82 Å². The molecule has 1 aliphatic heterocycles. The van der Waals surface area contributed by atoms with Gasteiger partial charge in [-0.25, -0.2) is 4.39 Å². The zero-order chi connectivity index (χ0) is 12.8. The van der Waals surface area contributed by atoms with Crippen molar-refractivity contribution in [2.75, 3.05) is 33.4 Å². The Bertz CT molecular complexity index is 381. The molecular formula is C13H19FN2O2. The highest BCUT2D eigenvalue weighted by Gasteiger charge is 2.12. The molecule has 100 valence electrons. The van der Waals surface area contributed by atoms with E-state index in [-0.39, 0.29) is 11.6 Å². The summed E-state index contributed by atoms with van der Waals surface area (Å²) in [5.41, 5.74) is 0.907. The van der Waals surface area contributed by atoms with Crippen molar-refractivity contribution < 1.29 is 13.9 Å². The third-order valence-electron chi connectivity index (χ3n) is 2.93. The highest BCUT2D eigenvalue weighted by Crippen LogP contribution is 2.17. The van der Waals surface area contributed by atoms with Crippen molar-refractivity contribution in [3.05, 3.63) is 29.6 Å². The molecule has 4 nitrogen and oxygen atoms in total. The lowest BCUT2D eigenvalue weighted by molar-refractivity contribution is 0.0766. The molecule has 1 fully saturated rings. The molecule has 0 radical (unpaired) electrons. The number of rotatable bonds is 5. The predicted octanol–water partition coefficient (Wildman–Crippen LogP) is 0.912. The summed E-state index contributed by atoms with van der Waals surface area (Å²) < 4.78 is 23.7. The van der Waals surface area contributed by atoms with Gasteiger partial charge in [0.05, 0.1) is 20.3 Å². The summed E-state index contributed by atoms with van der Waals surface area (Å²) in [6, 6.07) is 5.34. The summed E-state index contributed by atoms with van der Waals surface area (Å²) in [6.07, 6.45) is 0. The van der Waals surface area contributed by atoms with Crippen molar-refractivity contribution in [3.63, 3.8) is 0 Å². The number of hydrogen-bond acceptors (Lipinski definition) is 4. The van der Waals surface area contributed by atoms with Gasteiger partial charge in [0.1, 0.15) is 0 Å². The maximum absolute atomic E-state index is 13.4. The van der Waals surface area contributed by atoms with Gasteiger partial charge in [0.25, 0.3) is 0 Å². The summed E-state index contributed by atoms with van der Waals surface area (Å²) in [5, 5.41) is 6.64. The first-order chi connectivity index (χ1) is 8.79. The van der Waals surface area contributed by atoms with Gasteiger partial charge in [-0.05, 0) is 17.7 Å². The molecule has 0 spiro atoms. The third kappa shape index (κ3) is 3.66. The number of methoxy groups -OCH3 is 1. The average molecular weight is 254 g/mol. The van der Waals surface area contributed by atoms with E-state index in [9.17, 15) is 4.39 Å². The minimum absolute atomic E-state index is 0.279. The number of hydrogen-bond donors (Lipinski definition) is 2. The fraction of sp³-hybridized carbons (Fsp3) is 0.538.